The van der Waals surface area contributed by atoms with E-state index in [1.165, 1.54) is 0 Å². The fourth-order valence-electron chi connectivity index (χ4n) is 3.77. The minimum absolute atomic E-state index is 0.874. The third kappa shape index (κ3) is 2.87. The quantitative estimate of drug-likeness (QED) is 0.544. The number of hydrogen-bond acceptors (Lipinski definition) is 6. The van der Waals surface area contributed by atoms with Crippen molar-refractivity contribution in [1.29, 1.82) is 0 Å². The maximum absolute atomic E-state index is 4.70. The van der Waals surface area contributed by atoms with Gasteiger partial charge in [-0.05, 0) is 32.4 Å². The highest BCUT2D eigenvalue weighted by Crippen LogP contribution is 2.21. The lowest BCUT2D eigenvalue weighted by Crippen LogP contribution is -2.32. The molecule has 5 rings (SSSR count). The van der Waals surface area contributed by atoms with Gasteiger partial charge in [-0.25, -0.2) is 14.5 Å². The molecule has 1 aliphatic rings. The normalized spacial score (nSPS) is 15.6. The second-order valence-electron chi connectivity index (χ2n) is 7.06. The summed E-state index contributed by atoms with van der Waals surface area (Å²) in [5.41, 5.74) is 3.80. The van der Waals surface area contributed by atoms with Gasteiger partial charge in [0.2, 0.25) is 0 Å². The Morgan fingerprint density at radius 3 is 2.63 bits per heavy atom. The van der Waals surface area contributed by atoms with Crippen LogP contribution in [0.5, 0.6) is 0 Å². The molecule has 0 aliphatic carbocycles. The molecule has 0 bridgehead atoms. The second kappa shape index (κ2) is 6.22. The molecule has 1 fully saturated rings. The zero-order chi connectivity index (χ0) is 18.4. The Bertz CT molecular complexity index is 1110. The van der Waals surface area contributed by atoms with Crippen LogP contribution in [0.3, 0.4) is 0 Å². The Hall–Kier alpha value is -3.16. The summed E-state index contributed by atoms with van der Waals surface area (Å²) in [4.78, 5) is 13.6. The summed E-state index contributed by atoms with van der Waals surface area (Å²) in [6.07, 6.45) is 4.73. The number of nitrogens with zero attached hydrogens (tertiary/aromatic N) is 8. The zero-order valence-electron chi connectivity index (χ0n) is 15.6. The van der Waals surface area contributed by atoms with Crippen molar-refractivity contribution in [3.05, 3.63) is 48.0 Å². The van der Waals surface area contributed by atoms with Crippen molar-refractivity contribution >= 4 is 22.9 Å². The molecule has 0 N–H and O–H groups in total. The van der Waals surface area contributed by atoms with Crippen LogP contribution in [0, 0.1) is 13.8 Å². The van der Waals surface area contributed by atoms with Crippen molar-refractivity contribution < 1.29 is 0 Å². The van der Waals surface area contributed by atoms with Gasteiger partial charge in [-0.3, -0.25) is 0 Å². The van der Waals surface area contributed by atoms with Gasteiger partial charge in [-0.1, -0.05) is 0 Å². The summed E-state index contributed by atoms with van der Waals surface area (Å²) >= 11 is 0. The van der Waals surface area contributed by atoms with E-state index >= 15 is 0 Å². The van der Waals surface area contributed by atoms with E-state index in [0.717, 1.165) is 66.9 Å². The van der Waals surface area contributed by atoms with E-state index in [4.69, 9.17) is 5.10 Å². The van der Waals surface area contributed by atoms with E-state index in [1.54, 1.807) is 6.20 Å². The minimum atomic E-state index is 0.874. The van der Waals surface area contributed by atoms with Crippen molar-refractivity contribution in [2.45, 2.75) is 20.3 Å². The van der Waals surface area contributed by atoms with Gasteiger partial charge < -0.3 is 9.80 Å². The summed E-state index contributed by atoms with van der Waals surface area (Å²) in [5, 5.41) is 9.34. The van der Waals surface area contributed by atoms with E-state index in [2.05, 4.69) is 37.0 Å². The second-order valence-corrected chi connectivity index (χ2v) is 7.06. The highest BCUT2D eigenvalue weighted by molar-refractivity contribution is 5.53. The number of rotatable bonds is 2. The average molecular weight is 362 g/mol. The van der Waals surface area contributed by atoms with E-state index in [0.29, 0.717) is 0 Å². The average Bonchev–Trinajstić information content (AvgIpc) is 3.18. The molecular formula is C19H22N8. The van der Waals surface area contributed by atoms with Crippen LogP contribution in [-0.4, -0.2) is 55.4 Å². The molecule has 5 heterocycles. The number of aryl methyl sites for hydroxylation is 2. The summed E-state index contributed by atoms with van der Waals surface area (Å²) in [7, 11) is 0. The number of aromatic nitrogens is 6. The van der Waals surface area contributed by atoms with Crippen LogP contribution in [0.4, 0.5) is 11.6 Å². The molecule has 27 heavy (non-hydrogen) atoms. The largest absolute Gasteiger partial charge is 0.355 e. The fourth-order valence-corrected chi connectivity index (χ4v) is 3.77. The monoisotopic (exact) mass is 362 g/mol. The van der Waals surface area contributed by atoms with Gasteiger partial charge in [0.1, 0.15) is 11.6 Å². The molecule has 4 aromatic rings. The Balaban J connectivity index is 1.43. The van der Waals surface area contributed by atoms with Crippen molar-refractivity contribution in [3.8, 4) is 0 Å². The number of hydrogen-bond donors (Lipinski definition) is 0. The first kappa shape index (κ1) is 16.0. The summed E-state index contributed by atoms with van der Waals surface area (Å²) in [6.45, 7) is 7.85. The molecule has 0 atom stereocenters. The summed E-state index contributed by atoms with van der Waals surface area (Å²) < 4.78 is 3.80. The molecule has 0 aromatic carbocycles. The first-order valence-electron chi connectivity index (χ1n) is 9.32. The lowest BCUT2D eigenvalue weighted by Gasteiger charge is -2.24. The molecule has 8 nitrogen and oxygen atoms in total. The fraction of sp³-hybridized carbons (Fsp3) is 0.368. The molecule has 0 radical (unpaired) electrons. The zero-order valence-corrected chi connectivity index (χ0v) is 15.6. The Morgan fingerprint density at radius 2 is 1.70 bits per heavy atom. The van der Waals surface area contributed by atoms with Gasteiger partial charge in [0.15, 0.2) is 11.3 Å². The van der Waals surface area contributed by atoms with Crippen molar-refractivity contribution in [2.75, 3.05) is 36.0 Å². The molecule has 8 heteroatoms. The van der Waals surface area contributed by atoms with Crippen LogP contribution in [0.2, 0.25) is 0 Å². The van der Waals surface area contributed by atoms with Gasteiger partial charge >= 0.3 is 0 Å². The molecule has 4 aromatic heterocycles. The van der Waals surface area contributed by atoms with Gasteiger partial charge in [-0.15, -0.1) is 5.10 Å². The molecule has 0 amide bonds. The van der Waals surface area contributed by atoms with Gasteiger partial charge in [-0.2, -0.15) is 9.61 Å². The molecule has 0 saturated carbocycles. The highest BCUT2D eigenvalue weighted by Gasteiger charge is 2.19. The SMILES string of the molecule is Cc1cc(N2CCCN(c3ccc4nccn4n3)CC2)n2nc(C)cc2n1. The Kier molecular flexibility index (Phi) is 3.70. The lowest BCUT2D eigenvalue weighted by molar-refractivity contribution is 0.765. The predicted octanol–water partition coefficient (Wildman–Crippen LogP) is 2.11. The van der Waals surface area contributed by atoms with Crippen LogP contribution >= 0.6 is 0 Å². The molecule has 0 unspecified atom stereocenters. The third-order valence-electron chi connectivity index (χ3n) is 5.04. The number of fused-ring (bicyclic) bond motifs is 2. The molecule has 138 valence electrons. The maximum atomic E-state index is 4.70. The van der Waals surface area contributed by atoms with Crippen LogP contribution in [0.1, 0.15) is 17.8 Å². The first-order chi connectivity index (χ1) is 13.2. The van der Waals surface area contributed by atoms with E-state index in [-0.39, 0.29) is 0 Å². The van der Waals surface area contributed by atoms with E-state index in [1.807, 2.05) is 41.2 Å². The molecule has 0 spiro atoms. The Morgan fingerprint density at radius 1 is 0.852 bits per heavy atom. The highest BCUT2D eigenvalue weighted by atomic mass is 15.4. The topological polar surface area (TPSA) is 66.9 Å². The predicted molar refractivity (Wildman–Crippen MR) is 104 cm³/mol. The van der Waals surface area contributed by atoms with Gasteiger partial charge in [0.25, 0.3) is 0 Å². The summed E-state index contributed by atoms with van der Waals surface area (Å²) in [6, 6.07) is 8.24. The number of imidazole rings is 1. The van der Waals surface area contributed by atoms with Crippen molar-refractivity contribution in [2.24, 2.45) is 0 Å². The van der Waals surface area contributed by atoms with Crippen molar-refractivity contribution in [3.63, 3.8) is 0 Å². The lowest BCUT2D eigenvalue weighted by atomic mass is 10.3. The van der Waals surface area contributed by atoms with Crippen LogP contribution < -0.4 is 9.80 Å². The van der Waals surface area contributed by atoms with Crippen LogP contribution in [0.25, 0.3) is 11.3 Å². The Labute approximate surface area is 157 Å². The summed E-state index contributed by atoms with van der Waals surface area (Å²) in [5.74, 6) is 2.11. The van der Waals surface area contributed by atoms with E-state index in [9.17, 15) is 0 Å². The number of anilines is 2. The first-order valence-corrected chi connectivity index (χ1v) is 9.32. The standard InChI is InChI=1S/C19H22N8/c1-14-13-19(27-18(21-14)12-15(2)22-27)25-8-3-7-24(10-11-25)17-5-4-16-20-6-9-26(16)23-17/h4-6,9,12-13H,3,7-8,10-11H2,1-2H3. The smallest absolute Gasteiger partial charge is 0.157 e. The molecule has 1 aliphatic heterocycles. The molecule has 1 saturated heterocycles. The molecular weight excluding hydrogens is 340 g/mol. The van der Waals surface area contributed by atoms with Gasteiger partial charge in [0.05, 0.1) is 5.69 Å². The minimum Gasteiger partial charge on any atom is -0.355 e. The van der Waals surface area contributed by atoms with Crippen LogP contribution in [0.15, 0.2) is 36.7 Å². The maximum Gasteiger partial charge on any atom is 0.157 e. The van der Waals surface area contributed by atoms with Crippen molar-refractivity contribution in [1.82, 2.24) is 29.2 Å². The van der Waals surface area contributed by atoms with Gasteiger partial charge in [0, 0.05) is 56.4 Å². The third-order valence-corrected chi connectivity index (χ3v) is 5.04. The van der Waals surface area contributed by atoms with Crippen LogP contribution in [-0.2, 0) is 0 Å². The van der Waals surface area contributed by atoms with E-state index < -0.39 is 0 Å².